The molecule has 1 aromatic rings. The van der Waals surface area contributed by atoms with Gasteiger partial charge in [-0.1, -0.05) is 19.8 Å². The highest BCUT2D eigenvalue weighted by molar-refractivity contribution is 5.79. The van der Waals surface area contributed by atoms with Crippen LogP contribution < -0.4 is 14.8 Å². The molecule has 5 heteroatoms. The summed E-state index contributed by atoms with van der Waals surface area (Å²) in [5.74, 6) is 1.95. The molecule has 1 saturated carbocycles. The van der Waals surface area contributed by atoms with Gasteiger partial charge in [0, 0.05) is 18.5 Å². The Hall–Kier alpha value is -1.75. The van der Waals surface area contributed by atoms with Crippen molar-refractivity contribution in [1.82, 2.24) is 10.2 Å². The summed E-state index contributed by atoms with van der Waals surface area (Å²) in [6, 6.07) is 4.41. The van der Waals surface area contributed by atoms with Crippen LogP contribution in [-0.2, 0) is 11.2 Å². The van der Waals surface area contributed by atoms with Gasteiger partial charge in [0.1, 0.15) is 0 Å². The summed E-state index contributed by atoms with van der Waals surface area (Å²) in [7, 11) is 3.35. The molecule has 1 fully saturated rings. The number of nitrogens with one attached hydrogen (secondary N) is 1. The second kappa shape index (κ2) is 8.30. The van der Waals surface area contributed by atoms with Crippen LogP contribution in [0.4, 0.5) is 0 Å². The second-order valence-corrected chi connectivity index (χ2v) is 7.51. The largest absolute Gasteiger partial charge is 0.493 e. The van der Waals surface area contributed by atoms with E-state index in [0.717, 1.165) is 43.9 Å². The lowest BCUT2D eigenvalue weighted by atomic mass is 9.88. The molecule has 1 aliphatic heterocycles. The van der Waals surface area contributed by atoms with Crippen molar-refractivity contribution in [2.24, 2.45) is 5.92 Å². The van der Waals surface area contributed by atoms with E-state index < -0.39 is 0 Å². The Morgan fingerprint density at radius 2 is 1.88 bits per heavy atom. The van der Waals surface area contributed by atoms with E-state index in [1.807, 2.05) is 0 Å². The van der Waals surface area contributed by atoms with Gasteiger partial charge in [-0.05, 0) is 56.0 Å². The van der Waals surface area contributed by atoms with Crippen molar-refractivity contribution in [3.63, 3.8) is 0 Å². The molecule has 5 nitrogen and oxygen atoms in total. The minimum absolute atomic E-state index is 0.0557. The number of ether oxygens (including phenoxy) is 2. The Balaban J connectivity index is 1.87. The lowest BCUT2D eigenvalue weighted by Gasteiger charge is -2.40. The van der Waals surface area contributed by atoms with Crippen molar-refractivity contribution in [1.29, 1.82) is 0 Å². The lowest BCUT2D eigenvalue weighted by molar-refractivity contribution is -0.126. The van der Waals surface area contributed by atoms with E-state index in [9.17, 15) is 4.79 Å². The number of nitrogens with zero attached hydrogens (tertiary/aromatic N) is 1. The fourth-order valence-electron chi connectivity index (χ4n) is 4.58. The van der Waals surface area contributed by atoms with Crippen molar-refractivity contribution in [2.75, 3.05) is 27.3 Å². The fraction of sp³-hybridized carbons (Fsp3) is 0.667. The maximum absolute atomic E-state index is 12.7. The number of rotatable bonds is 6. The Morgan fingerprint density at radius 3 is 2.50 bits per heavy atom. The molecule has 2 unspecified atom stereocenters. The van der Waals surface area contributed by atoms with E-state index in [0.29, 0.717) is 0 Å². The highest BCUT2D eigenvalue weighted by atomic mass is 16.5. The maximum Gasteiger partial charge on any atom is 0.223 e. The highest BCUT2D eigenvalue weighted by Gasteiger charge is 2.34. The summed E-state index contributed by atoms with van der Waals surface area (Å²) >= 11 is 0. The molecule has 1 aromatic carbocycles. The predicted octanol–water partition coefficient (Wildman–Crippen LogP) is 3.32. The molecule has 1 N–H and O–H groups in total. The van der Waals surface area contributed by atoms with Gasteiger partial charge in [-0.25, -0.2) is 0 Å². The quantitative estimate of drug-likeness (QED) is 0.845. The van der Waals surface area contributed by atoms with Crippen molar-refractivity contribution in [3.05, 3.63) is 23.3 Å². The van der Waals surface area contributed by atoms with Gasteiger partial charge in [0.25, 0.3) is 0 Å². The molecule has 2 atom stereocenters. The summed E-state index contributed by atoms with van der Waals surface area (Å²) in [6.07, 6.45) is 5.40. The molecule has 2 aliphatic rings. The fourth-order valence-corrected chi connectivity index (χ4v) is 4.58. The monoisotopic (exact) mass is 360 g/mol. The summed E-state index contributed by atoms with van der Waals surface area (Å²) in [5.41, 5.74) is 2.54. The van der Waals surface area contributed by atoms with E-state index >= 15 is 0 Å². The molecule has 1 amide bonds. The van der Waals surface area contributed by atoms with Crippen LogP contribution in [-0.4, -0.2) is 44.2 Å². The number of methoxy groups -OCH3 is 2. The van der Waals surface area contributed by atoms with Crippen LogP contribution in [0.1, 0.15) is 56.7 Å². The molecule has 0 spiro atoms. The smallest absolute Gasteiger partial charge is 0.223 e. The number of amides is 1. The summed E-state index contributed by atoms with van der Waals surface area (Å²) in [4.78, 5) is 15.1. The zero-order valence-electron chi connectivity index (χ0n) is 16.5. The van der Waals surface area contributed by atoms with E-state index in [1.54, 1.807) is 14.2 Å². The average Bonchev–Trinajstić information content (AvgIpc) is 3.20. The van der Waals surface area contributed by atoms with Crippen LogP contribution in [0.15, 0.2) is 12.1 Å². The van der Waals surface area contributed by atoms with Crippen LogP contribution in [0.3, 0.4) is 0 Å². The Bertz CT molecular complexity index is 640. The lowest BCUT2D eigenvalue weighted by Crippen LogP contribution is -2.48. The molecular weight excluding hydrogens is 328 g/mol. The molecule has 3 rings (SSSR count). The van der Waals surface area contributed by atoms with E-state index in [1.165, 1.54) is 24.0 Å². The number of likely N-dealkylation sites (N-methyl/N-ethyl adjacent to an activating group) is 1. The first kappa shape index (κ1) is 19.0. The van der Waals surface area contributed by atoms with Crippen LogP contribution in [0.25, 0.3) is 0 Å². The van der Waals surface area contributed by atoms with Gasteiger partial charge in [0.15, 0.2) is 11.5 Å². The topological polar surface area (TPSA) is 50.8 Å². The molecule has 0 saturated heterocycles. The van der Waals surface area contributed by atoms with Gasteiger partial charge in [0.2, 0.25) is 5.91 Å². The van der Waals surface area contributed by atoms with E-state index in [2.05, 4.69) is 36.2 Å². The van der Waals surface area contributed by atoms with E-state index in [4.69, 9.17) is 9.47 Å². The van der Waals surface area contributed by atoms with Crippen LogP contribution in [0, 0.1) is 5.92 Å². The maximum atomic E-state index is 12.7. The standard InChI is InChI=1S/C21H32N2O3/c1-5-23-11-10-16-12-18(25-3)19(26-4)13-17(16)20(23)14(2)22-21(24)15-8-6-7-9-15/h12-15,20H,5-11H2,1-4H3,(H,22,24). The first-order valence-electron chi connectivity index (χ1n) is 9.88. The molecule has 0 aromatic heterocycles. The van der Waals surface area contributed by atoms with Crippen LogP contribution >= 0.6 is 0 Å². The third kappa shape index (κ3) is 3.68. The van der Waals surface area contributed by atoms with Gasteiger partial charge < -0.3 is 14.8 Å². The molecule has 0 radical (unpaired) electrons. The molecule has 0 bridgehead atoms. The number of hydrogen-bond donors (Lipinski definition) is 1. The second-order valence-electron chi connectivity index (χ2n) is 7.51. The van der Waals surface area contributed by atoms with E-state index in [-0.39, 0.29) is 23.9 Å². The van der Waals surface area contributed by atoms with Gasteiger partial charge in [0.05, 0.1) is 20.3 Å². The normalized spacial score (nSPS) is 21.9. The molecule has 1 aliphatic carbocycles. The minimum Gasteiger partial charge on any atom is -0.493 e. The van der Waals surface area contributed by atoms with Crippen LogP contribution in [0.5, 0.6) is 11.5 Å². The van der Waals surface area contributed by atoms with Crippen molar-refractivity contribution < 1.29 is 14.3 Å². The number of carbonyl (C=O) groups is 1. The van der Waals surface area contributed by atoms with Gasteiger partial charge in [-0.2, -0.15) is 0 Å². The Kier molecular flexibility index (Phi) is 6.07. The molecular formula is C21H32N2O3. The summed E-state index contributed by atoms with van der Waals surface area (Å²) in [5, 5.41) is 3.31. The van der Waals surface area contributed by atoms with Gasteiger partial charge in [-0.15, -0.1) is 0 Å². The summed E-state index contributed by atoms with van der Waals surface area (Å²) in [6.45, 7) is 6.27. The molecule has 144 valence electrons. The summed E-state index contributed by atoms with van der Waals surface area (Å²) < 4.78 is 11.0. The predicted molar refractivity (Wildman–Crippen MR) is 103 cm³/mol. The Morgan fingerprint density at radius 1 is 1.23 bits per heavy atom. The number of carbonyl (C=O) groups excluding carboxylic acids is 1. The Labute approximate surface area is 157 Å². The zero-order chi connectivity index (χ0) is 18.7. The minimum atomic E-state index is 0.0557. The van der Waals surface area contributed by atoms with Crippen molar-refractivity contribution in [2.45, 2.75) is 58.0 Å². The molecule has 1 heterocycles. The third-order valence-electron chi connectivity index (χ3n) is 6.00. The SMILES string of the molecule is CCN1CCc2cc(OC)c(OC)cc2C1C(C)NC(=O)C1CCCC1. The first-order valence-corrected chi connectivity index (χ1v) is 9.88. The van der Waals surface area contributed by atoms with Gasteiger partial charge >= 0.3 is 0 Å². The van der Waals surface area contributed by atoms with Crippen molar-refractivity contribution in [3.8, 4) is 11.5 Å². The zero-order valence-corrected chi connectivity index (χ0v) is 16.5. The molecule has 26 heavy (non-hydrogen) atoms. The van der Waals surface area contributed by atoms with Crippen LogP contribution in [0.2, 0.25) is 0 Å². The highest BCUT2D eigenvalue weighted by Crippen LogP contribution is 2.39. The third-order valence-corrected chi connectivity index (χ3v) is 6.00. The van der Waals surface area contributed by atoms with Gasteiger partial charge in [-0.3, -0.25) is 9.69 Å². The number of hydrogen-bond acceptors (Lipinski definition) is 4. The number of fused-ring (bicyclic) bond motifs is 1. The first-order chi connectivity index (χ1) is 12.6. The van der Waals surface area contributed by atoms with Crippen molar-refractivity contribution >= 4 is 5.91 Å². The average molecular weight is 360 g/mol. The number of benzene rings is 1.